The Morgan fingerprint density at radius 1 is 1.35 bits per heavy atom. The van der Waals surface area contributed by atoms with E-state index < -0.39 is 17.7 Å². The second-order valence-corrected chi connectivity index (χ2v) is 4.14. The van der Waals surface area contributed by atoms with Crippen molar-refractivity contribution < 1.29 is 23.1 Å². The van der Waals surface area contributed by atoms with E-state index in [1.54, 1.807) is 6.92 Å². The minimum absolute atomic E-state index is 0.184. The Kier molecular flexibility index (Phi) is 3.52. The number of aromatic nitrogens is 2. The van der Waals surface area contributed by atoms with Crippen LogP contribution < -0.4 is 0 Å². The molecule has 0 radical (unpaired) electrons. The third-order valence-electron chi connectivity index (χ3n) is 2.78. The number of halogens is 3. The number of hydrogen-bond donors (Lipinski definition) is 1. The molecule has 20 heavy (non-hydrogen) atoms. The van der Waals surface area contributed by atoms with E-state index in [4.69, 9.17) is 5.11 Å². The van der Waals surface area contributed by atoms with Crippen molar-refractivity contribution in [1.82, 2.24) is 9.78 Å². The number of carboxylic acid groups (broad SMARTS) is 1. The quantitative estimate of drug-likeness (QED) is 0.942. The molecule has 0 unspecified atom stereocenters. The molecule has 0 saturated carbocycles. The van der Waals surface area contributed by atoms with Crippen LogP contribution in [0.5, 0.6) is 0 Å². The first-order valence-electron chi connectivity index (χ1n) is 5.82. The van der Waals surface area contributed by atoms with Crippen LogP contribution >= 0.6 is 0 Å². The average Bonchev–Trinajstić information content (AvgIpc) is 2.82. The third-order valence-corrected chi connectivity index (χ3v) is 2.78. The van der Waals surface area contributed by atoms with Gasteiger partial charge in [0.1, 0.15) is 0 Å². The standard InChI is InChI=1S/C13H11F3N2O2/c1-2-9-7-11(12(19)20)17-18(9)10-5-3-4-8(6-10)13(14,15)16/h3-7H,2H2,1H3,(H,19,20). The minimum atomic E-state index is -4.45. The number of nitrogens with zero attached hydrogens (tertiary/aromatic N) is 2. The van der Waals surface area contributed by atoms with Gasteiger partial charge >= 0.3 is 12.1 Å². The summed E-state index contributed by atoms with van der Waals surface area (Å²) in [6.07, 6.45) is -4.00. The topological polar surface area (TPSA) is 55.1 Å². The third kappa shape index (κ3) is 2.66. The zero-order chi connectivity index (χ0) is 14.9. The predicted octanol–water partition coefficient (Wildman–Crippen LogP) is 3.15. The van der Waals surface area contributed by atoms with Gasteiger partial charge in [-0.25, -0.2) is 9.48 Å². The molecular formula is C13H11F3N2O2. The number of aryl methyl sites for hydroxylation is 1. The first-order chi connectivity index (χ1) is 9.32. The summed E-state index contributed by atoms with van der Waals surface area (Å²) in [6, 6.07) is 5.96. The Labute approximate surface area is 112 Å². The van der Waals surface area contributed by atoms with E-state index in [9.17, 15) is 18.0 Å². The zero-order valence-electron chi connectivity index (χ0n) is 10.5. The maximum atomic E-state index is 12.7. The van der Waals surface area contributed by atoms with Gasteiger partial charge in [0.2, 0.25) is 0 Å². The lowest BCUT2D eigenvalue weighted by Gasteiger charge is -2.10. The van der Waals surface area contributed by atoms with Gasteiger partial charge in [-0.05, 0) is 30.7 Å². The molecule has 1 N–H and O–H groups in total. The number of aromatic carboxylic acids is 1. The van der Waals surface area contributed by atoms with Gasteiger partial charge < -0.3 is 5.11 Å². The molecule has 106 valence electrons. The summed E-state index contributed by atoms with van der Waals surface area (Å²) in [4.78, 5) is 10.9. The van der Waals surface area contributed by atoms with Crippen LogP contribution in [0.4, 0.5) is 13.2 Å². The van der Waals surface area contributed by atoms with Gasteiger partial charge in [0.15, 0.2) is 5.69 Å². The second kappa shape index (κ2) is 4.99. The maximum Gasteiger partial charge on any atom is 0.416 e. The summed E-state index contributed by atoms with van der Waals surface area (Å²) in [7, 11) is 0. The average molecular weight is 284 g/mol. The van der Waals surface area contributed by atoms with Gasteiger partial charge in [-0.2, -0.15) is 18.3 Å². The Hall–Kier alpha value is -2.31. The van der Waals surface area contributed by atoms with Gasteiger partial charge in [-0.15, -0.1) is 0 Å². The SMILES string of the molecule is CCc1cc(C(=O)O)nn1-c1cccc(C(F)(F)F)c1. The molecule has 2 aromatic rings. The van der Waals surface area contributed by atoms with Crippen molar-refractivity contribution in [3.05, 3.63) is 47.3 Å². The lowest BCUT2D eigenvalue weighted by atomic mass is 10.2. The lowest BCUT2D eigenvalue weighted by Crippen LogP contribution is -2.08. The number of alkyl halides is 3. The molecule has 0 aliphatic heterocycles. The molecule has 4 nitrogen and oxygen atoms in total. The van der Waals surface area contributed by atoms with Crippen LogP contribution in [0.2, 0.25) is 0 Å². The van der Waals surface area contributed by atoms with Crippen LogP contribution in [0.3, 0.4) is 0 Å². The first kappa shape index (κ1) is 14.1. The summed E-state index contributed by atoms with van der Waals surface area (Å²) >= 11 is 0. The molecule has 1 aromatic heterocycles. The van der Waals surface area contributed by atoms with Crippen LogP contribution in [0, 0.1) is 0 Å². The summed E-state index contributed by atoms with van der Waals surface area (Å²) in [5, 5.41) is 12.7. The van der Waals surface area contributed by atoms with Crippen molar-refractivity contribution in [2.75, 3.05) is 0 Å². The van der Waals surface area contributed by atoms with Crippen molar-refractivity contribution in [3.63, 3.8) is 0 Å². The van der Waals surface area contributed by atoms with E-state index in [2.05, 4.69) is 5.10 Å². The summed E-state index contributed by atoms with van der Waals surface area (Å²) < 4.78 is 39.2. The number of hydrogen-bond acceptors (Lipinski definition) is 2. The monoisotopic (exact) mass is 284 g/mol. The van der Waals surface area contributed by atoms with E-state index in [1.165, 1.54) is 22.9 Å². The normalized spacial score (nSPS) is 11.6. The molecule has 0 atom stereocenters. The van der Waals surface area contributed by atoms with Crippen molar-refractivity contribution in [1.29, 1.82) is 0 Å². The van der Waals surface area contributed by atoms with Gasteiger partial charge in [0.05, 0.1) is 11.3 Å². The first-order valence-corrected chi connectivity index (χ1v) is 5.82. The highest BCUT2D eigenvalue weighted by Gasteiger charge is 2.30. The Balaban J connectivity index is 2.54. The molecule has 0 saturated heterocycles. The fourth-order valence-corrected chi connectivity index (χ4v) is 1.81. The van der Waals surface area contributed by atoms with Crippen LogP contribution in [0.1, 0.15) is 28.7 Å². The molecule has 1 heterocycles. The number of rotatable bonds is 3. The predicted molar refractivity (Wildman–Crippen MR) is 64.9 cm³/mol. The summed E-state index contributed by atoms with van der Waals surface area (Å²) in [5.41, 5.74) is -0.283. The van der Waals surface area contributed by atoms with Crippen molar-refractivity contribution >= 4 is 5.97 Å². The number of carbonyl (C=O) groups is 1. The Morgan fingerprint density at radius 3 is 2.60 bits per heavy atom. The smallest absolute Gasteiger partial charge is 0.416 e. The molecule has 0 spiro atoms. The van der Waals surface area contributed by atoms with Gasteiger partial charge in [0.25, 0.3) is 0 Å². The second-order valence-electron chi connectivity index (χ2n) is 4.14. The highest BCUT2D eigenvalue weighted by atomic mass is 19.4. The van der Waals surface area contributed by atoms with Crippen LogP contribution in [0.25, 0.3) is 5.69 Å². The summed E-state index contributed by atoms with van der Waals surface area (Å²) in [6.45, 7) is 1.77. The number of benzene rings is 1. The zero-order valence-corrected chi connectivity index (χ0v) is 10.5. The fourth-order valence-electron chi connectivity index (χ4n) is 1.81. The van der Waals surface area contributed by atoms with E-state index in [0.29, 0.717) is 12.1 Å². The van der Waals surface area contributed by atoms with Crippen molar-refractivity contribution in [2.24, 2.45) is 0 Å². The molecule has 0 amide bonds. The highest BCUT2D eigenvalue weighted by molar-refractivity contribution is 5.85. The van der Waals surface area contributed by atoms with Crippen LogP contribution in [-0.4, -0.2) is 20.9 Å². The molecule has 0 aliphatic rings. The maximum absolute atomic E-state index is 12.7. The van der Waals surface area contributed by atoms with Gasteiger partial charge in [-0.1, -0.05) is 13.0 Å². The van der Waals surface area contributed by atoms with Crippen molar-refractivity contribution in [2.45, 2.75) is 19.5 Å². The van der Waals surface area contributed by atoms with Crippen LogP contribution in [0.15, 0.2) is 30.3 Å². The molecule has 7 heteroatoms. The Morgan fingerprint density at radius 2 is 2.05 bits per heavy atom. The molecular weight excluding hydrogens is 273 g/mol. The number of carboxylic acids is 1. The molecule has 0 aliphatic carbocycles. The van der Waals surface area contributed by atoms with E-state index >= 15 is 0 Å². The van der Waals surface area contributed by atoms with E-state index in [-0.39, 0.29) is 11.4 Å². The fraction of sp³-hybridized carbons (Fsp3) is 0.231. The van der Waals surface area contributed by atoms with E-state index in [0.717, 1.165) is 12.1 Å². The lowest BCUT2D eigenvalue weighted by molar-refractivity contribution is -0.137. The van der Waals surface area contributed by atoms with Gasteiger partial charge in [0, 0.05) is 5.69 Å². The molecule has 2 rings (SSSR count). The van der Waals surface area contributed by atoms with Crippen molar-refractivity contribution in [3.8, 4) is 5.69 Å². The molecule has 0 fully saturated rings. The molecule has 1 aromatic carbocycles. The Bertz CT molecular complexity index is 647. The largest absolute Gasteiger partial charge is 0.476 e. The molecule has 0 bridgehead atoms. The van der Waals surface area contributed by atoms with Gasteiger partial charge in [-0.3, -0.25) is 0 Å². The minimum Gasteiger partial charge on any atom is -0.476 e. The highest BCUT2D eigenvalue weighted by Crippen LogP contribution is 2.30. The van der Waals surface area contributed by atoms with Crippen LogP contribution in [-0.2, 0) is 12.6 Å². The van der Waals surface area contributed by atoms with E-state index in [1.807, 2.05) is 0 Å². The summed E-state index contributed by atoms with van der Waals surface area (Å²) in [5.74, 6) is -1.22.